The third-order valence-corrected chi connectivity index (χ3v) is 3.08. The lowest BCUT2D eigenvalue weighted by atomic mass is 9.76. The molecule has 0 atom stereocenters. The van der Waals surface area contributed by atoms with Gasteiger partial charge < -0.3 is 10.0 Å². The van der Waals surface area contributed by atoms with Gasteiger partial charge in [-0.05, 0) is 27.0 Å². The fourth-order valence-corrected chi connectivity index (χ4v) is 2.30. The van der Waals surface area contributed by atoms with Gasteiger partial charge >= 0.3 is 7.12 Å². The molecule has 0 aliphatic carbocycles. The Balaban J connectivity index is 0.000000637. The Bertz CT molecular complexity index is 692. The van der Waals surface area contributed by atoms with Crippen molar-refractivity contribution in [2.75, 3.05) is 0 Å². The lowest BCUT2D eigenvalue weighted by molar-refractivity contribution is 0.426. The number of rotatable bonds is 1. The lowest BCUT2D eigenvalue weighted by Crippen LogP contribution is -2.30. The fraction of sp³-hybridized carbons (Fsp3) is 0.125. The van der Waals surface area contributed by atoms with Crippen molar-refractivity contribution in [3.63, 3.8) is 0 Å². The summed E-state index contributed by atoms with van der Waals surface area (Å²) in [4.78, 5) is 0. The molecule has 2 nitrogen and oxygen atoms in total. The van der Waals surface area contributed by atoms with Gasteiger partial charge in [0.25, 0.3) is 0 Å². The minimum atomic E-state index is -1.44. The molecule has 0 aromatic heterocycles. The predicted octanol–water partition coefficient (Wildman–Crippen LogP) is 2.70. The summed E-state index contributed by atoms with van der Waals surface area (Å²) in [6, 6.07) is 17.6. The van der Waals surface area contributed by atoms with E-state index in [4.69, 9.17) is 0 Å². The molecule has 0 aliphatic heterocycles. The highest BCUT2D eigenvalue weighted by atomic mass is 16.4. The van der Waals surface area contributed by atoms with Gasteiger partial charge in [0.05, 0.1) is 0 Å². The molecule has 0 amide bonds. The van der Waals surface area contributed by atoms with Gasteiger partial charge in [-0.3, -0.25) is 0 Å². The van der Waals surface area contributed by atoms with Crippen LogP contribution in [-0.4, -0.2) is 17.2 Å². The number of hydrogen-bond donors (Lipinski definition) is 2. The highest BCUT2D eigenvalue weighted by Gasteiger charge is 2.16. The molecule has 3 aromatic rings. The molecule has 3 aromatic carbocycles. The summed E-state index contributed by atoms with van der Waals surface area (Å²) in [5.74, 6) is 0. The van der Waals surface area contributed by atoms with Crippen molar-refractivity contribution in [2.45, 2.75) is 13.8 Å². The molecular weight excluding hydrogens is 235 g/mol. The van der Waals surface area contributed by atoms with Gasteiger partial charge in [-0.15, -0.1) is 0 Å². The molecule has 0 saturated carbocycles. The van der Waals surface area contributed by atoms with Gasteiger partial charge in [0.15, 0.2) is 0 Å². The van der Waals surface area contributed by atoms with E-state index in [-0.39, 0.29) is 0 Å². The van der Waals surface area contributed by atoms with E-state index in [1.165, 1.54) is 0 Å². The van der Waals surface area contributed by atoms with Crippen LogP contribution in [0, 0.1) is 0 Å². The Hall–Kier alpha value is -1.84. The van der Waals surface area contributed by atoms with Crippen LogP contribution in [-0.2, 0) is 0 Å². The first kappa shape index (κ1) is 13.6. The van der Waals surface area contributed by atoms with Crippen LogP contribution >= 0.6 is 0 Å². The molecule has 0 unspecified atom stereocenters. The van der Waals surface area contributed by atoms with Crippen LogP contribution in [0.15, 0.2) is 54.6 Å². The second-order valence-corrected chi connectivity index (χ2v) is 4.11. The summed E-state index contributed by atoms with van der Waals surface area (Å²) >= 11 is 0. The summed E-state index contributed by atoms with van der Waals surface area (Å²) in [6.07, 6.45) is 0. The van der Waals surface area contributed by atoms with E-state index in [0.29, 0.717) is 5.46 Å². The Morgan fingerprint density at radius 3 is 1.89 bits per heavy atom. The van der Waals surface area contributed by atoms with E-state index in [1.54, 1.807) is 0 Å². The van der Waals surface area contributed by atoms with E-state index in [1.807, 2.05) is 68.4 Å². The normalized spacial score (nSPS) is 10.1. The molecule has 19 heavy (non-hydrogen) atoms. The van der Waals surface area contributed by atoms with Crippen molar-refractivity contribution >= 4 is 34.1 Å². The molecule has 0 bridgehead atoms. The zero-order valence-corrected chi connectivity index (χ0v) is 11.2. The van der Waals surface area contributed by atoms with Gasteiger partial charge in [-0.25, -0.2) is 0 Å². The van der Waals surface area contributed by atoms with Crippen LogP contribution in [0.3, 0.4) is 0 Å². The second-order valence-electron chi connectivity index (χ2n) is 4.11. The monoisotopic (exact) mass is 252 g/mol. The average molecular weight is 252 g/mol. The molecule has 3 heteroatoms. The van der Waals surface area contributed by atoms with Crippen molar-refractivity contribution in [2.24, 2.45) is 0 Å². The highest BCUT2D eigenvalue weighted by Crippen LogP contribution is 2.23. The van der Waals surface area contributed by atoms with Crippen molar-refractivity contribution in [3.8, 4) is 0 Å². The Morgan fingerprint density at radius 2 is 1.26 bits per heavy atom. The van der Waals surface area contributed by atoms with Gasteiger partial charge in [0.1, 0.15) is 0 Å². The van der Waals surface area contributed by atoms with E-state index >= 15 is 0 Å². The standard InChI is InChI=1S/C14H11BO2.C2H6/c16-15(17)14-9-10-5-1-2-6-11(10)12-7-3-4-8-13(12)14;1-2/h1-9,16-17H;1-2H3. The molecule has 0 radical (unpaired) electrons. The molecule has 96 valence electrons. The van der Waals surface area contributed by atoms with Crippen molar-refractivity contribution in [1.29, 1.82) is 0 Å². The molecule has 0 saturated heterocycles. The minimum Gasteiger partial charge on any atom is -0.423 e. The van der Waals surface area contributed by atoms with E-state index in [2.05, 4.69) is 0 Å². The quantitative estimate of drug-likeness (QED) is 0.516. The number of benzene rings is 3. The number of hydrogen-bond acceptors (Lipinski definition) is 2. The third kappa shape index (κ3) is 2.48. The van der Waals surface area contributed by atoms with Crippen molar-refractivity contribution in [1.82, 2.24) is 0 Å². The fourth-order valence-electron chi connectivity index (χ4n) is 2.30. The summed E-state index contributed by atoms with van der Waals surface area (Å²) in [6.45, 7) is 4.00. The summed E-state index contributed by atoms with van der Waals surface area (Å²) < 4.78 is 0. The van der Waals surface area contributed by atoms with Crippen LogP contribution in [0.2, 0.25) is 0 Å². The maximum atomic E-state index is 9.44. The SMILES string of the molecule is CC.OB(O)c1cc2ccccc2c2ccccc12. The van der Waals surface area contributed by atoms with Crippen LogP contribution in [0.4, 0.5) is 0 Å². The maximum absolute atomic E-state index is 9.44. The first-order valence-electron chi connectivity index (χ1n) is 6.54. The molecule has 0 heterocycles. The topological polar surface area (TPSA) is 40.5 Å². The Labute approximate surface area is 113 Å². The lowest BCUT2D eigenvalue weighted by Gasteiger charge is -2.09. The van der Waals surface area contributed by atoms with E-state index in [9.17, 15) is 10.0 Å². The zero-order chi connectivity index (χ0) is 13.8. The van der Waals surface area contributed by atoms with Gasteiger partial charge in [0, 0.05) is 0 Å². The van der Waals surface area contributed by atoms with Gasteiger partial charge in [-0.1, -0.05) is 68.4 Å². The average Bonchev–Trinajstić information content (AvgIpc) is 2.48. The third-order valence-electron chi connectivity index (χ3n) is 3.08. The summed E-state index contributed by atoms with van der Waals surface area (Å²) in [5, 5.41) is 23.0. The van der Waals surface area contributed by atoms with E-state index < -0.39 is 7.12 Å². The maximum Gasteiger partial charge on any atom is 0.489 e. The van der Waals surface area contributed by atoms with Crippen molar-refractivity contribution < 1.29 is 10.0 Å². The molecule has 0 aliphatic rings. The zero-order valence-electron chi connectivity index (χ0n) is 11.2. The first-order chi connectivity index (χ1) is 9.27. The van der Waals surface area contributed by atoms with Gasteiger partial charge in [0.2, 0.25) is 0 Å². The van der Waals surface area contributed by atoms with Crippen molar-refractivity contribution in [3.05, 3.63) is 54.6 Å². The molecule has 2 N–H and O–H groups in total. The molecule has 0 fully saturated rings. The predicted molar refractivity (Wildman–Crippen MR) is 82.6 cm³/mol. The van der Waals surface area contributed by atoms with Crippen LogP contribution in [0.5, 0.6) is 0 Å². The summed E-state index contributed by atoms with van der Waals surface area (Å²) in [7, 11) is -1.44. The highest BCUT2D eigenvalue weighted by molar-refractivity contribution is 6.62. The second kappa shape index (κ2) is 5.87. The molecular formula is C16H17BO2. The number of fused-ring (bicyclic) bond motifs is 3. The minimum absolute atomic E-state index is 0.555. The first-order valence-corrected chi connectivity index (χ1v) is 6.54. The van der Waals surface area contributed by atoms with Crippen LogP contribution < -0.4 is 5.46 Å². The largest absolute Gasteiger partial charge is 0.489 e. The summed E-state index contributed by atoms with van der Waals surface area (Å²) in [5.41, 5.74) is 0.555. The Kier molecular flexibility index (Phi) is 4.20. The van der Waals surface area contributed by atoms with Gasteiger partial charge in [-0.2, -0.15) is 0 Å². The van der Waals surface area contributed by atoms with E-state index in [0.717, 1.165) is 21.5 Å². The molecule has 3 rings (SSSR count). The smallest absolute Gasteiger partial charge is 0.423 e. The Morgan fingerprint density at radius 1 is 0.737 bits per heavy atom. The molecule has 0 spiro atoms. The van der Waals surface area contributed by atoms with Crippen LogP contribution in [0.1, 0.15) is 13.8 Å². The van der Waals surface area contributed by atoms with Crippen LogP contribution in [0.25, 0.3) is 21.5 Å².